The topological polar surface area (TPSA) is 81.9 Å². The van der Waals surface area contributed by atoms with Gasteiger partial charge in [0.15, 0.2) is 5.75 Å². The molecule has 7 heteroatoms. The number of anilines is 1. The van der Waals surface area contributed by atoms with Gasteiger partial charge in [0, 0.05) is 50.0 Å². The Balaban J connectivity index is 1.61. The van der Waals surface area contributed by atoms with Crippen molar-refractivity contribution in [2.75, 3.05) is 44.2 Å². The molecule has 7 nitrogen and oxygen atoms in total. The van der Waals surface area contributed by atoms with Crippen LogP contribution in [0.15, 0.2) is 18.2 Å². The lowest BCUT2D eigenvalue weighted by Gasteiger charge is -2.41. The Hall–Kier alpha value is -1.86. The molecule has 22 heavy (non-hydrogen) atoms. The molecule has 2 aliphatic heterocycles. The van der Waals surface area contributed by atoms with E-state index in [0.29, 0.717) is 6.04 Å². The van der Waals surface area contributed by atoms with E-state index in [4.69, 9.17) is 0 Å². The summed E-state index contributed by atoms with van der Waals surface area (Å²) >= 11 is 0. The highest BCUT2D eigenvalue weighted by Crippen LogP contribution is 2.31. The smallest absolute Gasteiger partial charge is 0.310 e. The van der Waals surface area contributed by atoms with Crippen LogP contribution in [0.5, 0.6) is 5.75 Å². The second kappa shape index (κ2) is 6.50. The molecule has 0 amide bonds. The Morgan fingerprint density at radius 3 is 2.45 bits per heavy atom. The molecule has 120 valence electrons. The van der Waals surface area contributed by atoms with Crippen molar-refractivity contribution in [3.8, 4) is 5.75 Å². The van der Waals surface area contributed by atoms with Crippen LogP contribution in [0.3, 0.4) is 0 Å². The van der Waals surface area contributed by atoms with Gasteiger partial charge in [-0.1, -0.05) is 0 Å². The summed E-state index contributed by atoms with van der Waals surface area (Å²) in [5.74, 6) is -0.261. The maximum atomic E-state index is 10.7. The minimum atomic E-state index is -0.561. The number of nitro benzene ring substituents is 1. The fourth-order valence-corrected chi connectivity index (χ4v) is 3.38. The van der Waals surface area contributed by atoms with Gasteiger partial charge in [-0.25, -0.2) is 0 Å². The minimum absolute atomic E-state index is 0.239. The molecule has 0 unspecified atom stereocenters. The van der Waals surface area contributed by atoms with Crippen LogP contribution in [0.2, 0.25) is 0 Å². The van der Waals surface area contributed by atoms with E-state index in [1.807, 2.05) is 0 Å². The molecule has 2 aliphatic rings. The molecule has 0 saturated carbocycles. The first kappa shape index (κ1) is 15.1. The molecule has 0 aliphatic carbocycles. The van der Waals surface area contributed by atoms with Gasteiger partial charge in [0.25, 0.3) is 0 Å². The Labute approximate surface area is 129 Å². The van der Waals surface area contributed by atoms with Crippen molar-refractivity contribution in [2.24, 2.45) is 0 Å². The van der Waals surface area contributed by atoms with Crippen LogP contribution in [0.1, 0.15) is 12.8 Å². The maximum absolute atomic E-state index is 10.7. The molecule has 0 atom stereocenters. The Kier molecular flexibility index (Phi) is 4.44. The minimum Gasteiger partial charge on any atom is -0.502 e. The van der Waals surface area contributed by atoms with Gasteiger partial charge in [-0.15, -0.1) is 0 Å². The van der Waals surface area contributed by atoms with Gasteiger partial charge in [0.2, 0.25) is 0 Å². The second-order valence-corrected chi connectivity index (χ2v) is 5.93. The maximum Gasteiger partial charge on any atom is 0.310 e. The molecule has 0 spiro atoms. The molecule has 0 radical (unpaired) electrons. The van der Waals surface area contributed by atoms with E-state index in [0.717, 1.165) is 45.0 Å². The highest BCUT2D eigenvalue weighted by molar-refractivity contribution is 5.58. The Bertz CT molecular complexity index is 538. The van der Waals surface area contributed by atoms with E-state index in [1.165, 1.54) is 25.0 Å². The average Bonchev–Trinajstić information content (AvgIpc) is 2.55. The number of aromatic hydroxyl groups is 1. The molecule has 1 aromatic carbocycles. The number of piperazine rings is 1. The zero-order valence-electron chi connectivity index (χ0n) is 12.6. The van der Waals surface area contributed by atoms with E-state index in [2.05, 4.69) is 15.1 Å². The number of benzene rings is 1. The molecule has 3 rings (SSSR count). The predicted molar refractivity (Wildman–Crippen MR) is 84.4 cm³/mol. The second-order valence-electron chi connectivity index (χ2n) is 5.93. The normalized spacial score (nSPS) is 21.0. The summed E-state index contributed by atoms with van der Waals surface area (Å²) in [7, 11) is 0. The van der Waals surface area contributed by atoms with E-state index < -0.39 is 4.92 Å². The van der Waals surface area contributed by atoms with Crippen molar-refractivity contribution in [2.45, 2.75) is 18.9 Å². The standard InChI is InChI=1S/C15H22N4O3/c20-15-11-13(1-2-14(15)19(21)22)18-9-7-17(8-10-18)12-3-5-16-6-4-12/h1-2,11-12,16,20H,3-10H2. The Morgan fingerprint density at radius 1 is 1.18 bits per heavy atom. The summed E-state index contributed by atoms with van der Waals surface area (Å²) in [6.07, 6.45) is 2.41. The third kappa shape index (κ3) is 3.15. The lowest BCUT2D eigenvalue weighted by atomic mass is 10.0. The molecular formula is C15H22N4O3. The SMILES string of the molecule is O=[N+]([O-])c1ccc(N2CCN(C3CCNCC3)CC2)cc1O. The fraction of sp³-hybridized carbons (Fsp3) is 0.600. The molecule has 2 heterocycles. The number of hydrogen-bond donors (Lipinski definition) is 2. The summed E-state index contributed by atoms with van der Waals surface area (Å²) < 4.78 is 0. The lowest BCUT2D eigenvalue weighted by molar-refractivity contribution is -0.385. The summed E-state index contributed by atoms with van der Waals surface area (Å²) in [4.78, 5) is 14.9. The molecule has 2 saturated heterocycles. The number of nitrogens with one attached hydrogen (secondary N) is 1. The van der Waals surface area contributed by atoms with Crippen molar-refractivity contribution >= 4 is 11.4 Å². The number of phenols is 1. The van der Waals surface area contributed by atoms with E-state index in [-0.39, 0.29) is 11.4 Å². The zero-order chi connectivity index (χ0) is 15.5. The predicted octanol–water partition coefficient (Wildman–Crippen LogP) is 1.17. The average molecular weight is 306 g/mol. The van der Waals surface area contributed by atoms with Crippen molar-refractivity contribution in [3.63, 3.8) is 0 Å². The zero-order valence-corrected chi connectivity index (χ0v) is 12.6. The first-order chi connectivity index (χ1) is 10.6. The van der Waals surface area contributed by atoms with Crippen molar-refractivity contribution in [1.29, 1.82) is 0 Å². The van der Waals surface area contributed by atoms with Crippen LogP contribution in [-0.2, 0) is 0 Å². The molecule has 0 bridgehead atoms. The summed E-state index contributed by atoms with van der Waals surface area (Å²) in [5.41, 5.74) is 0.616. The quantitative estimate of drug-likeness (QED) is 0.644. The van der Waals surface area contributed by atoms with E-state index >= 15 is 0 Å². The number of hydrogen-bond acceptors (Lipinski definition) is 6. The van der Waals surface area contributed by atoms with Gasteiger partial charge in [0.1, 0.15) is 0 Å². The van der Waals surface area contributed by atoms with Crippen LogP contribution in [0, 0.1) is 10.1 Å². The van der Waals surface area contributed by atoms with Gasteiger partial charge in [-0.3, -0.25) is 15.0 Å². The number of rotatable bonds is 3. The lowest BCUT2D eigenvalue weighted by Crippen LogP contribution is -2.52. The van der Waals surface area contributed by atoms with Crippen LogP contribution < -0.4 is 10.2 Å². The van der Waals surface area contributed by atoms with Gasteiger partial charge >= 0.3 is 5.69 Å². The van der Waals surface area contributed by atoms with E-state index in [1.54, 1.807) is 6.07 Å². The summed E-state index contributed by atoms with van der Waals surface area (Å²) in [6.45, 7) is 5.98. The molecule has 0 aromatic heterocycles. The van der Waals surface area contributed by atoms with Gasteiger partial charge in [-0.2, -0.15) is 0 Å². The molecule has 2 fully saturated rings. The Morgan fingerprint density at radius 2 is 1.86 bits per heavy atom. The highest BCUT2D eigenvalue weighted by atomic mass is 16.6. The van der Waals surface area contributed by atoms with E-state index in [9.17, 15) is 15.2 Å². The first-order valence-electron chi connectivity index (χ1n) is 7.82. The molecule has 1 aromatic rings. The van der Waals surface area contributed by atoms with Crippen LogP contribution >= 0.6 is 0 Å². The van der Waals surface area contributed by atoms with Crippen molar-refractivity contribution in [1.82, 2.24) is 10.2 Å². The summed E-state index contributed by atoms with van der Waals surface area (Å²) in [6, 6.07) is 5.27. The number of phenolic OH excluding ortho intramolecular Hbond substituents is 1. The summed E-state index contributed by atoms with van der Waals surface area (Å²) in [5, 5.41) is 23.9. The third-order valence-corrected chi connectivity index (χ3v) is 4.66. The number of piperidine rings is 1. The third-order valence-electron chi connectivity index (χ3n) is 4.66. The highest BCUT2D eigenvalue weighted by Gasteiger charge is 2.25. The van der Waals surface area contributed by atoms with Crippen LogP contribution in [0.4, 0.5) is 11.4 Å². The van der Waals surface area contributed by atoms with Crippen LogP contribution in [0.25, 0.3) is 0 Å². The monoisotopic (exact) mass is 306 g/mol. The number of nitro groups is 1. The van der Waals surface area contributed by atoms with Gasteiger partial charge in [-0.05, 0) is 32.0 Å². The van der Waals surface area contributed by atoms with Crippen molar-refractivity contribution in [3.05, 3.63) is 28.3 Å². The van der Waals surface area contributed by atoms with Gasteiger partial charge in [0.05, 0.1) is 4.92 Å². The fourth-order valence-electron chi connectivity index (χ4n) is 3.38. The largest absolute Gasteiger partial charge is 0.502 e. The molecular weight excluding hydrogens is 284 g/mol. The van der Waals surface area contributed by atoms with Crippen molar-refractivity contribution < 1.29 is 10.0 Å². The van der Waals surface area contributed by atoms with Gasteiger partial charge < -0.3 is 15.3 Å². The molecule has 2 N–H and O–H groups in total. The number of nitrogens with zero attached hydrogens (tertiary/aromatic N) is 3. The first-order valence-corrected chi connectivity index (χ1v) is 7.82. The van der Waals surface area contributed by atoms with Crippen LogP contribution in [-0.4, -0.2) is 60.2 Å².